The molecule has 0 aromatic carbocycles. The second-order valence-corrected chi connectivity index (χ2v) is 5.31. The van der Waals surface area contributed by atoms with E-state index in [-0.39, 0.29) is 0 Å². The molecule has 4 atom stereocenters. The zero-order valence-electron chi connectivity index (χ0n) is 9.21. The van der Waals surface area contributed by atoms with E-state index >= 15 is 0 Å². The van der Waals surface area contributed by atoms with Crippen molar-refractivity contribution in [3.63, 3.8) is 0 Å². The molecule has 2 saturated carbocycles. The predicted molar refractivity (Wildman–Crippen MR) is 58.1 cm³/mol. The van der Waals surface area contributed by atoms with E-state index < -0.39 is 0 Å². The molecule has 0 aliphatic heterocycles. The van der Waals surface area contributed by atoms with Crippen LogP contribution in [0.4, 0.5) is 0 Å². The lowest BCUT2D eigenvalue weighted by atomic mass is 9.95. The fourth-order valence-corrected chi connectivity index (χ4v) is 3.17. The van der Waals surface area contributed by atoms with Crippen LogP contribution in [0.2, 0.25) is 0 Å². The third-order valence-electron chi connectivity index (χ3n) is 4.09. The van der Waals surface area contributed by atoms with Crippen LogP contribution in [0.15, 0.2) is 0 Å². The minimum absolute atomic E-state index is 0.333. The van der Waals surface area contributed by atoms with E-state index in [0.29, 0.717) is 12.5 Å². The number of nitrogens with one attached hydrogen (secondary N) is 1. The van der Waals surface area contributed by atoms with Crippen LogP contribution in [0.1, 0.15) is 39.0 Å². The fourth-order valence-electron chi connectivity index (χ4n) is 3.17. The summed E-state index contributed by atoms with van der Waals surface area (Å²) in [6, 6.07) is 0.801. The first kappa shape index (κ1) is 10.4. The third kappa shape index (κ3) is 2.29. The third-order valence-corrected chi connectivity index (χ3v) is 4.09. The summed E-state index contributed by atoms with van der Waals surface area (Å²) >= 11 is 0. The van der Waals surface area contributed by atoms with Gasteiger partial charge in [-0.1, -0.05) is 13.3 Å². The highest BCUT2D eigenvalue weighted by molar-refractivity contribution is 4.94. The summed E-state index contributed by atoms with van der Waals surface area (Å²) < 4.78 is 0. The Balaban J connectivity index is 1.66. The zero-order valence-corrected chi connectivity index (χ0v) is 9.21. The number of fused-ring (bicyclic) bond motifs is 2. The van der Waals surface area contributed by atoms with Crippen LogP contribution >= 0.6 is 0 Å². The largest absolute Gasteiger partial charge is 0.396 e. The van der Waals surface area contributed by atoms with E-state index in [9.17, 15) is 0 Å². The number of aliphatic hydroxyl groups is 1. The number of rotatable bonds is 5. The summed E-state index contributed by atoms with van der Waals surface area (Å²) in [4.78, 5) is 0. The molecule has 0 aromatic rings. The highest BCUT2D eigenvalue weighted by Gasteiger charge is 2.38. The highest BCUT2D eigenvalue weighted by atomic mass is 16.3. The van der Waals surface area contributed by atoms with Gasteiger partial charge in [0.05, 0.1) is 0 Å². The first-order chi connectivity index (χ1) is 6.79. The highest BCUT2D eigenvalue weighted by Crippen LogP contribution is 2.44. The van der Waals surface area contributed by atoms with Gasteiger partial charge in [0.15, 0.2) is 0 Å². The summed E-state index contributed by atoms with van der Waals surface area (Å²) in [5.74, 6) is 2.63. The Kier molecular flexibility index (Phi) is 3.45. The average Bonchev–Trinajstić information content (AvgIpc) is 2.76. The maximum atomic E-state index is 8.81. The van der Waals surface area contributed by atoms with E-state index in [0.717, 1.165) is 30.8 Å². The molecular formula is C12H23NO. The molecule has 0 spiro atoms. The van der Waals surface area contributed by atoms with Crippen molar-refractivity contribution in [3.8, 4) is 0 Å². The van der Waals surface area contributed by atoms with Gasteiger partial charge in [-0.15, -0.1) is 0 Å². The monoisotopic (exact) mass is 197 g/mol. The van der Waals surface area contributed by atoms with Gasteiger partial charge in [0.25, 0.3) is 0 Å². The summed E-state index contributed by atoms with van der Waals surface area (Å²) in [6.07, 6.45) is 6.77. The van der Waals surface area contributed by atoms with Gasteiger partial charge in [0.1, 0.15) is 0 Å². The van der Waals surface area contributed by atoms with Crippen molar-refractivity contribution in [2.75, 3.05) is 13.2 Å². The smallest absolute Gasteiger partial charge is 0.0434 e. The minimum atomic E-state index is 0.333. The van der Waals surface area contributed by atoms with E-state index in [1.165, 1.54) is 25.7 Å². The molecule has 2 heteroatoms. The molecule has 0 heterocycles. The molecule has 4 unspecified atom stereocenters. The Morgan fingerprint density at radius 1 is 1.36 bits per heavy atom. The standard InChI is InChI=1S/C12H23NO/c1-9(4-5-14)8-13-12-7-10-2-3-11(12)6-10/h9-14H,2-8H2,1H3. The molecular weight excluding hydrogens is 174 g/mol. The van der Waals surface area contributed by atoms with Gasteiger partial charge in [-0.3, -0.25) is 0 Å². The molecule has 2 N–H and O–H groups in total. The van der Waals surface area contributed by atoms with Crippen LogP contribution in [0.5, 0.6) is 0 Å². The summed E-state index contributed by atoms with van der Waals surface area (Å²) in [5, 5.41) is 12.5. The van der Waals surface area contributed by atoms with E-state index in [1.807, 2.05) is 0 Å². The van der Waals surface area contributed by atoms with E-state index in [2.05, 4.69) is 12.2 Å². The Morgan fingerprint density at radius 2 is 2.21 bits per heavy atom. The maximum Gasteiger partial charge on any atom is 0.0434 e. The van der Waals surface area contributed by atoms with Gasteiger partial charge in [-0.2, -0.15) is 0 Å². The average molecular weight is 197 g/mol. The molecule has 14 heavy (non-hydrogen) atoms. The minimum Gasteiger partial charge on any atom is -0.396 e. The summed E-state index contributed by atoms with van der Waals surface area (Å²) in [6.45, 7) is 3.64. The summed E-state index contributed by atoms with van der Waals surface area (Å²) in [5.41, 5.74) is 0. The van der Waals surface area contributed by atoms with Crippen molar-refractivity contribution in [2.45, 2.75) is 45.1 Å². The SMILES string of the molecule is CC(CCO)CNC1CC2CCC1C2. The van der Waals surface area contributed by atoms with Gasteiger partial charge in [-0.25, -0.2) is 0 Å². The molecule has 2 fully saturated rings. The molecule has 2 nitrogen and oxygen atoms in total. The van der Waals surface area contributed by atoms with Gasteiger partial charge in [0.2, 0.25) is 0 Å². The van der Waals surface area contributed by atoms with Crippen LogP contribution < -0.4 is 5.32 Å². The van der Waals surface area contributed by atoms with Crippen molar-refractivity contribution in [1.82, 2.24) is 5.32 Å². The molecule has 2 bridgehead atoms. The predicted octanol–water partition coefficient (Wildman–Crippen LogP) is 1.78. The zero-order chi connectivity index (χ0) is 9.97. The van der Waals surface area contributed by atoms with Gasteiger partial charge in [0, 0.05) is 12.6 Å². The Morgan fingerprint density at radius 3 is 2.79 bits per heavy atom. The second-order valence-electron chi connectivity index (χ2n) is 5.31. The maximum absolute atomic E-state index is 8.81. The molecule has 82 valence electrons. The topological polar surface area (TPSA) is 32.3 Å². The lowest BCUT2D eigenvalue weighted by molar-refractivity contribution is 0.251. The van der Waals surface area contributed by atoms with Gasteiger partial charge >= 0.3 is 0 Å². The molecule has 0 radical (unpaired) electrons. The lowest BCUT2D eigenvalue weighted by Gasteiger charge is -2.24. The van der Waals surface area contributed by atoms with Crippen molar-refractivity contribution >= 4 is 0 Å². The Hall–Kier alpha value is -0.0800. The van der Waals surface area contributed by atoms with Crippen LogP contribution in [0.25, 0.3) is 0 Å². The lowest BCUT2D eigenvalue weighted by Crippen LogP contribution is -2.36. The first-order valence-corrected chi connectivity index (χ1v) is 6.14. The molecule has 0 aromatic heterocycles. The molecule has 2 rings (SSSR count). The molecule has 2 aliphatic carbocycles. The summed E-state index contributed by atoms with van der Waals surface area (Å²) in [7, 11) is 0. The fraction of sp³-hybridized carbons (Fsp3) is 1.00. The van der Waals surface area contributed by atoms with Crippen molar-refractivity contribution < 1.29 is 5.11 Å². The Labute approximate surface area is 87.1 Å². The van der Waals surface area contributed by atoms with E-state index in [4.69, 9.17) is 5.11 Å². The number of aliphatic hydroxyl groups excluding tert-OH is 1. The quantitative estimate of drug-likeness (QED) is 0.704. The molecule has 2 aliphatic rings. The van der Waals surface area contributed by atoms with Crippen LogP contribution in [-0.2, 0) is 0 Å². The molecule has 0 amide bonds. The van der Waals surface area contributed by atoms with Crippen molar-refractivity contribution in [2.24, 2.45) is 17.8 Å². The number of hydrogen-bond donors (Lipinski definition) is 2. The normalized spacial score (nSPS) is 37.7. The second kappa shape index (κ2) is 4.63. The first-order valence-electron chi connectivity index (χ1n) is 6.14. The van der Waals surface area contributed by atoms with Crippen molar-refractivity contribution in [1.29, 1.82) is 0 Å². The molecule has 0 saturated heterocycles. The number of hydrogen-bond acceptors (Lipinski definition) is 2. The van der Waals surface area contributed by atoms with Crippen LogP contribution in [0, 0.1) is 17.8 Å². The van der Waals surface area contributed by atoms with E-state index in [1.54, 1.807) is 0 Å². The van der Waals surface area contributed by atoms with Crippen LogP contribution in [0.3, 0.4) is 0 Å². The van der Waals surface area contributed by atoms with Crippen molar-refractivity contribution in [3.05, 3.63) is 0 Å². The van der Waals surface area contributed by atoms with Gasteiger partial charge < -0.3 is 10.4 Å². The van der Waals surface area contributed by atoms with Gasteiger partial charge in [-0.05, 0) is 50.0 Å². The Bertz CT molecular complexity index is 183. The van der Waals surface area contributed by atoms with Crippen LogP contribution in [-0.4, -0.2) is 24.3 Å².